The average molecular weight is 423 g/mol. The van der Waals surface area contributed by atoms with Crippen molar-refractivity contribution in [1.29, 1.82) is 0 Å². The first-order chi connectivity index (χ1) is 14.1. The number of thiophene rings is 1. The lowest BCUT2D eigenvalue weighted by molar-refractivity contribution is 0.415. The Morgan fingerprint density at radius 3 is 2.72 bits per heavy atom. The molecule has 0 spiro atoms. The predicted molar refractivity (Wildman–Crippen MR) is 116 cm³/mol. The summed E-state index contributed by atoms with van der Waals surface area (Å²) in [6.45, 7) is 3.92. The van der Waals surface area contributed by atoms with Gasteiger partial charge in [0, 0.05) is 11.3 Å². The van der Waals surface area contributed by atoms with Gasteiger partial charge in [-0.15, -0.1) is 21.5 Å². The topological polar surface area (TPSA) is 65.5 Å². The van der Waals surface area contributed by atoms with Crippen LogP contribution in [0.5, 0.6) is 5.75 Å². The van der Waals surface area contributed by atoms with Crippen LogP contribution in [-0.4, -0.2) is 26.7 Å². The number of fused-ring (bicyclic) bond motifs is 3. The summed E-state index contributed by atoms with van der Waals surface area (Å²) in [4.78, 5) is 4.70. The van der Waals surface area contributed by atoms with E-state index in [1.807, 2.05) is 38.1 Å². The average Bonchev–Trinajstić information content (AvgIpc) is 3.42. The van der Waals surface area contributed by atoms with Crippen molar-refractivity contribution in [3.63, 3.8) is 0 Å². The van der Waals surface area contributed by atoms with Gasteiger partial charge in [0.15, 0.2) is 0 Å². The SMILES string of the molecule is COc1ccc(-c2nc(CSc3nnc(C)n4c3cc3sccc34)c(C)o2)cc1. The van der Waals surface area contributed by atoms with Crippen LogP contribution in [0.15, 0.2) is 51.2 Å². The molecule has 0 saturated carbocycles. The zero-order valence-electron chi connectivity index (χ0n) is 16.2. The number of nitrogens with zero attached hydrogens (tertiary/aromatic N) is 4. The van der Waals surface area contributed by atoms with Gasteiger partial charge in [0.1, 0.15) is 22.4 Å². The lowest BCUT2D eigenvalue weighted by Crippen LogP contribution is -2.00. The van der Waals surface area contributed by atoms with E-state index in [0.29, 0.717) is 11.6 Å². The van der Waals surface area contributed by atoms with Gasteiger partial charge in [-0.1, -0.05) is 11.8 Å². The summed E-state index contributed by atoms with van der Waals surface area (Å²) < 4.78 is 14.5. The van der Waals surface area contributed by atoms with E-state index in [4.69, 9.17) is 14.1 Å². The first-order valence-corrected chi connectivity index (χ1v) is 11.0. The van der Waals surface area contributed by atoms with E-state index >= 15 is 0 Å². The highest BCUT2D eigenvalue weighted by molar-refractivity contribution is 7.98. The fraction of sp³-hybridized carbons (Fsp3) is 0.190. The van der Waals surface area contributed by atoms with Crippen molar-refractivity contribution in [2.24, 2.45) is 0 Å². The van der Waals surface area contributed by atoms with Crippen molar-refractivity contribution >= 4 is 38.8 Å². The van der Waals surface area contributed by atoms with E-state index in [1.54, 1.807) is 30.2 Å². The van der Waals surface area contributed by atoms with Crippen LogP contribution < -0.4 is 4.74 Å². The zero-order chi connectivity index (χ0) is 20.0. The highest BCUT2D eigenvalue weighted by Crippen LogP contribution is 2.33. The summed E-state index contributed by atoms with van der Waals surface area (Å²) in [6, 6.07) is 12.0. The van der Waals surface area contributed by atoms with Gasteiger partial charge < -0.3 is 9.15 Å². The highest BCUT2D eigenvalue weighted by Gasteiger charge is 2.16. The second-order valence-electron chi connectivity index (χ2n) is 6.63. The molecule has 6 nitrogen and oxygen atoms in total. The van der Waals surface area contributed by atoms with Crippen LogP contribution in [0.25, 0.3) is 27.2 Å². The molecule has 0 N–H and O–H groups in total. The van der Waals surface area contributed by atoms with Gasteiger partial charge in [0.25, 0.3) is 0 Å². The summed E-state index contributed by atoms with van der Waals surface area (Å²) in [5.41, 5.74) is 4.10. The Bertz CT molecular complexity index is 1320. The molecule has 0 atom stereocenters. The Kier molecular flexibility index (Phi) is 4.52. The van der Waals surface area contributed by atoms with Crippen LogP contribution >= 0.6 is 23.1 Å². The lowest BCUT2D eigenvalue weighted by Gasteiger charge is -2.05. The van der Waals surface area contributed by atoms with Gasteiger partial charge in [-0.2, -0.15) is 0 Å². The minimum Gasteiger partial charge on any atom is -0.497 e. The molecule has 0 amide bonds. The molecule has 0 unspecified atom stereocenters. The molecule has 0 saturated heterocycles. The van der Waals surface area contributed by atoms with Crippen LogP contribution in [0.4, 0.5) is 0 Å². The van der Waals surface area contributed by atoms with Gasteiger partial charge in [-0.3, -0.25) is 4.40 Å². The maximum atomic E-state index is 5.90. The molecule has 5 rings (SSSR count). The van der Waals surface area contributed by atoms with Crippen LogP contribution in [0.1, 0.15) is 17.3 Å². The van der Waals surface area contributed by atoms with E-state index in [-0.39, 0.29) is 0 Å². The van der Waals surface area contributed by atoms with E-state index < -0.39 is 0 Å². The zero-order valence-corrected chi connectivity index (χ0v) is 17.8. The minimum absolute atomic E-state index is 0.615. The van der Waals surface area contributed by atoms with E-state index in [9.17, 15) is 0 Å². The number of thioether (sulfide) groups is 1. The summed E-state index contributed by atoms with van der Waals surface area (Å²) in [7, 11) is 1.65. The third-order valence-corrected chi connectivity index (χ3v) is 6.66. The van der Waals surface area contributed by atoms with Gasteiger partial charge in [0.2, 0.25) is 5.89 Å². The van der Waals surface area contributed by atoms with Crippen LogP contribution in [-0.2, 0) is 5.75 Å². The van der Waals surface area contributed by atoms with Gasteiger partial charge in [-0.25, -0.2) is 4.98 Å². The molecule has 4 heterocycles. The maximum absolute atomic E-state index is 5.90. The van der Waals surface area contributed by atoms with Crippen LogP contribution in [0.2, 0.25) is 0 Å². The summed E-state index contributed by atoms with van der Waals surface area (Å²) >= 11 is 3.36. The Morgan fingerprint density at radius 2 is 1.93 bits per heavy atom. The third-order valence-electron chi connectivity index (χ3n) is 4.83. The molecule has 0 radical (unpaired) electrons. The highest BCUT2D eigenvalue weighted by atomic mass is 32.2. The summed E-state index contributed by atoms with van der Waals surface area (Å²) in [5, 5.41) is 11.8. The van der Waals surface area contributed by atoms with Gasteiger partial charge >= 0.3 is 0 Å². The Hall–Kier alpha value is -2.84. The molecule has 29 heavy (non-hydrogen) atoms. The molecule has 5 aromatic rings. The summed E-state index contributed by atoms with van der Waals surface area (Å²) in [5.74, 6) is 3.79. The molecule has 0 aliphatic rings. The number of aromatic nitrogens is 4. The standard InChI is InChI=1S/C21H18N4O2S2/c1-12-16(22-20(27-12)14-4-6-15(26-3)7-5-14)11-29-21-18-10-19-17(8-9-28-19)25(18)13(2)23-24-21/h4-10H,11H2,1-3H3. The molecular formula is C21H18N4O2S2. The largest absolute Gasteiger partial charge is 0.497 e. The number of methoxy groups -OCH3 is 1. The molecule has 146 valence electrons. The fourth-order valence-corrected chi connectivity index (χ4v) is 5.04. The Morgan fingerprint density at radius 1 is 1.10 bits per heavy atom. The quantitative estimate of drug-likeness (QED) is 0.348. The van der Waals surface area contributed by atoms with Crippen molar-refractivity contribution in [1.82, 2.24) is 19.6 Å². The molecule has 0 aliphatic heterocycles. The Balaban J connectivity index is 1.43. The van der Waals surface area contributed by atoms with Crippen molar-refractivity contribution in [3.8, 4) is 17.2 Å². The Labute approximate surface area is 175 Å². The lowest BCUT2D eigenvalue weighted by atomic mass is 10.2. The fourth-order valence-electron chi connectivity index (χ4n) is 3.30. The second-order valence-corrected chi connectivity index (χ2v) is 8.54. The van der Waals surface area contributed by atoms with E-state index in [2.05, 4.69) is 32.1 Å². The molecule has 0 fully saturated rings. The smallest absolute Gasteiger partial charge is 0.226 e. The van der Waals surface area contributed by atoms with E-state index in [1.165, 1.54) is 10.2 Å². The minimum atomic E-state index is 0.615. The third kappa shape index (κ3) is 3.18. The number of benzene rings is 1. The van der Waals surface area contributed by atoms with Gasteiger partial charge in [0.05, 0.1) is 28.5 Å². The summed E-state index contributed by atoms with van der Waals surface area (Å²) in [6.07, 6.45) is 0. The van der Waals surface area contributed by atoms with Crippen LogP contribution in [0.3, 0.4) is 0 Å². The number of hydrogen-bond donors (Lipinski definition) is 0. The normalized spacial score (nSPS) is 11.6. The number of oxazole rings is 1. The van der Waals surface area contributed by atoms with Gasteiger partial charge in [-0.05, 0) is 55.6 Å². The predicted octanol–water partition coefficient (Wildman–Crippen LogP) is 5.52. The molecule has 0 aliphatic carbocycles. The molecule has 0 bridgehead atoms. The van der Waals surface area contributed by atoms with Crippen molar-refractivity contribution < 1.29 is 9.15 Å². The first-order valence-electron chi connectivity index (χ1n) is 9.09. The molecule has 1 aromatic carbocycles. The molecule has 8 heteroatoms. The number of ether oxygens (including phenoxy) is 1. The molecular weight excluding hydrogens is 404 g/mol. The number of rotatable bonds is 5. The van der Waals surface area contributed by atoms with E-state index in [0.717, 1.165) is 39.1 Å². The number of aryl methyl sites for hydroxylation is 2. The maximum Gasteiger partial charge on any atom is 0.226 e. The van der Waals surface area contributed by atoms with Crippen molar-refractivity contribution in [3.05, 3.63) is 59.1 Å². The second kappa shape index (κ2) is 7.20. The van der Waals surface area contributed by atoms with Crippen molar-refractivity contribution in [2.45, 2.75) is 24.6 Å². The number of hydrogen-bond acceptors (Lipinski definition) is 7. The van der Waals surface area contributed by atoms with Crippen molar-refractivity contribution in [2.75, 3.05) is 7.11 Å². The molecule has 4 aromatic heterocycles. The first kappa shape index (κ1) is 18.2. The monoisotopic (exact) mass is 422 g/mol. The van der Waals surface area contributed by atoms with Crippen LogP contribution in [0, 0.1) is 13.8 Å².